The molecule has 3 N–H and O–H groups in total. The average Bonchev–Trinajstić information content (AvgIpc) is 3.37. The number of hydrogen-bond acceptors (Lipinski definition) is 8. The van der Waals surface area contributed by atoms with Gasteiger partial charge in [-0.25, -0.2) is 18.8 Å². The molecule has 2 atom stereocenters. The van der Waals surface area contributed by atoms with Gasteiger partial charge in [0.05, 0.1) is 17.3 Å². The molecule has 3 aromatic rings. The zero-order valence-corrected chi connectivity index (χ0v) is 26.3. The summed E-state index contributed by atoms with van der Waals surface area (Å²) in [5.41, 5.74) is 4.95. The molecule has 230 valence electrons. The Labute approximate surface area is 262 Å². The molecule has 0 saturated heterocycles. The van der Waals surface area contributed by atoms with Crippen molar-refractivity contribution >= 4 is 44.8 Å². The number of amides is 1. The van der Waals surface area contributed by atoms with Gasteiger partial charge in [0, 0.05) is 47.2 Å². The fourth-order valence-corrected chi connectivity index (χ4v) is 6.44. The van der Waals surface area contributed by atoms with Crippen molar-refractivity contribution in [2.45, 2.75) is 43.2 Å². The van der Waals surface area contributed by atoms with Crippen molar-refractivity contribution in [2.75, 3.05) is 25.5 Å². The summed E-state index contributed by atoms with van der Waals surface area (Å²) in [5.74, 6) is 0.0197. The van der Waals surface area contributed by atoms with Crippen molar-refractivity contribution in [3.63, 3.8) is 0 Å². The molecule has 1 aliphatic rings. The zero-order valence-electron chi connectivity index (χ0n) is 23.9. The van der Waals surface area contributed by atoms with E-state index in [4.69, 9.17) is 42.8 Å². The Morgan fingerprint density at radius 3 is 2.47 bits per heavy atom. The van der Waals surface area contributed by atoms with Crippen LogP contribution in [0.2, 0.25) is 10.0 Å². The molecule has 0 aliphatic carbocycles. The summed E-state index contributed by atoms with van der Waals surface area (Å²) >= 11 is 12.8. The number of aliphatic imine (C=N–C) groups is 1. The van der Waals surface area contributed by atoms with Gasteiger partial charge < -0.3 is 14.6 Å². The molecule has 0 bridgehead atoms. The van der Waals surface area contributed by atoms with E-state index in [0.29, 0.717) is 41.5 Å². The first kappa shape index (κ1) is 32.8. The number of rotatable bonds is 14. The second kappa shape index (κ2) is 14.5. The average molecular weight is 649 g/mol. The van der Waals surface area contributed by atoms with Gasteiger partial charge in [-0.05, 0) is 54.4 Å². The van der Waals surface area contributed by atoms with Crippen LogP contribution >= 0.6 is 23.2 Å². The third-order valence-corrected chi connectivity index (χ3v) is 9.14. The molecule has 12 heteroatoms. The van der Waals surface area contributed by atoms with Crippen molar-refractivity contribution < 1.29 is 27.8 Å². The number of nitrogens with zero attached hydrogens (tertiary/aromatic N) is 1. The zero-order chi connectivity index (χ0) is 31.0. The highest BCUT2D eigenvalue weighted by molar-refractivity contribution is 7.91. The maximum Gasteiger partial charge on any atom is 0.266 e. The maximum absolute atomic E-state index is 14.1. The van der Waals surface area contributed by atoms with E-state index in [0.717, 1.165) is 0 Å². The Morgan fingerprint density at radius 2 is 1.81 bits per heavy atom. The first-order chi connectivity index (χ1) is 20.6. The Hall–Kier alpha value is -3.15. The number of halogens is 2. The number of ether oxygens (including phenoxy) is 2. The van der Waals surface area contributed by atoms with E-state index in [2.05, 4.69) is 10.9 Å². The number of benzene rings is 3. The highest BCUT2D eigenvalue weighted by Gasteiger charge is 2.54. The van der Waals surface area contributed by atoms with Gasteiger partial charge in [0.2, 0.25) is 5.90 Å². The van der Waals surface area contributed by atoms with E-state index in [1.54, 1.807) is 60.7 Å². The van der Waals surface area contributed by atoms with Crippen molar-refractivity contribution in [1.82, 2.24) is 10.9 Å². The van der Waals surface area contributed by atoms with Crippen LogP contribution in [0.1, 0.15) is 43.9 Å². The van der Waals surface area contributed by atoms with Gasteiger partial charge in [-0.1, -0.05) is 61.3 Å². The quantitative estimate of drug-likeness (QED) is 0.163. The molecular weight excluding hydrogens is 613 g/mol. The molecule has 0 radical (unpaired) electrons. The second-order valence-corrected chi connectivity index (χ2v) is 13.5. The number of sulfone groups is 1. The number of carbonyl (C=O) groups is 1. The summed E-state index contributed by atoms with van der Waals surface area (Å²) < 4.78 is 38.8. The minimum atomic E-state index is -3.79. The lowest BCUT2D eigenvalue weighted by atomic mass is 9.85. The molecule has 0 fully saturated rings. The smallest absolute Gasteiger partial charge is 0.266 e. The van der Waals surface area contributed by atoms with E-state index in [-0.39, 0.29) is 40.5 Å². The molecule has 1 heterocycles. The van der Waals surface area contributed by atoms with Crippen molar-refractivity contribution in [2.24, 2.45) is 10.9 Å². The van der Waals surface area contributed by atoms with Gasteiger partial charge >= 0.3 is 0 Å². The van der Waals surface area contributed by atoms with Crippen LogP contribution in [0.25, 0.3) is 0 Å². The number of hydrogen-bond donors (Lipinski definition) is 3. The molecule has 0 saturated carbocycles. The van der Waals surface area contributed by atoms with Crippen LogP contribution < -0.4 is 15.6 Å². The third kappa shape index (κ3) is 8.07. The molecule has 4 rings (SSSR count). The van der Waals surface area contributed by atoms with E-state index < -0.39 is 27.4 Å². The Bertz CT molecular complexity index is 1530. The van der Waals surface area contributed by atoms with Crippen LogP contribution in [0.5, 0.6) is 5.75 Å². The Kier molecular flexibility index (Phi) is 11.1. The van der Waals surface area contributed by atoms with E-state index >= 15 is 0 Å². The number of carbonyl (C=O) groups excluding carboxylic acids is 1. The predicted octanol–water partition coefficient (Wildman–Crippen LogP) is 5.15. The van der Waals surface area contributed by atoms with Gasteiger partial charge in [0.1, 0.15) is 5.75 Å². The first-order valence-corrected chi connectivity index (χ1v) is 16.3. The SMILES string of the molecule is CC(C)CNNC(=O)[C@@]1(CCS(=O)(=O)c2ccccc2)N=C(c2ccc(OCCCO)cc2)O[C@H]1c1ccc(Cl)cc1Cl. The van der Waals surface area contributed by atoms with Gasteiger partial charge in [0.15, 0.2) is 21.5 Å². The fourth-order valence-electron chi connectivity index (χ4n) is 4.54. The largest absolute Gasteiger partial charge is 0.494 e. The molecule has 1 aliphatic heterocycles. The topological polar surface area (TPSA) is 126 Å². The highest BCUT2D eigenvalue weighted by Crippen LogP contribution is 2.45. The van der Waals surface area contributed by atoms with Gasteiger partial charge in [-0.2, -0.15) is 0 Å². The van der Waals surface area contributed by atoms with Crippen molar-refractivity contribution in [3.8, 4) is 5.75 Å². The van der Waals surface area contributed by atoms with Crippen LogP contribution in [-0.4, -0.2) is 56.4 Å². The fraction of sp³-hybridized carbons (Fsp3) is 0.355. The maximum atomic E-state index is 14.1. The lowest BCUT2D eigenvalue weighted by molar-refractivity contribution is -0.130. The lowest BCUT2D eigenvalue weighted by Gasteiger charge is -2.31. The highest BCUT2D eigenvalue weighted by atomic mass is 35.5. The number of nitrogens with one attached hydrogen (secondary N) is 2. The summed E-state index contributed by atoms with van der Waals surface area (Å²) in [6, 6.07) is 19.8. The third-order valence-electron chi connectivity index (χ3n) is 6.84. The Morgan fingerprint density at radius 1 is 1.09 bits per heavy atom. The van der Waals surface area contributed by atoms with Crippen LogP contribution in [0.4, 0.5) is 0 Å². The molecular formula is C31H35Cl2N3O6S. The van der Waals surface area contributed by atoms with Gasteiger partial charge in [0.25, 0.3) is 5.91 Å². The minimum absolute atomic E-state index is 0.0214. The number of aliphatic hydroxyl groups excluding tert-OH is 1. The van der Waals surface area contributed by atoms with Crippen LogP contribution in [-0.2, 0) is 19.4 Å². The second-order valence-electron chi connectivity index (χ2n) is 10.6. The van der Waals surface area contributed by atoms with E-state index in [1.165, 1.54) is 12.1 Å². The monoisotopic (exact) mass is 647 g/mol. The summed E-state index contributed by atoms with van der Waals surface area (Å²) in [6.07, 6.45) is -0.774. The van der Waals surface area contributed by atoms with E-state index in [1.807, 2.05) is 13.8 Å². The first-order valence-electron chi connectivity index (χ1n) is 13.9. The van der Waals surface area contributed by atoms with Crippen LogP contribution in [0, 0.1) is 5.92 Å². The summed E-state index contributed by atoms with van der Waals surface area (Å²) in [6.45, 7) is 4.83. The number of aliphatic hydroxyl groups is 1. The summed E-state index contributed by atoms with van der Waals surface area (Å²) in [7, 11) is -3.79. The molecule has 0 unspecified atom stereocenters. The number of hydrazine groups is 1. The lowest BCUT2D eigenvalue weighted by Crippen LogP contribution is -2.54. The molecule has 0 spiro atoms. The predicted molar refractivity (Wildman–Crippen MR) is 167 cm³/mol. The molecule has 1 amide bonds. The van der Waals surface area contributed by atoms with Crippen molar-refractivity contribution in [3.05, 3.63) is 94.0 Å². The van der Waals surface area contributed by atoms with E-state index in [9.17, 15) is 13.2 Å². The summed E-state index contributed by atoms with van der Waals surface area (Å²) in [4.78, 5) is 19.0. The van der Waals surface area contributed by atoms with Crippen molar-refractivity contribution in [1.29, 1.82) is 0 Å². The van der Waals surface area contributed by atoms with Crippen LogP contribution in [0.3, 0.4) is 0 Å². The minimum Gasteiger partial charge on any atom is -0.494 e. The molecule has 9 nitrogen and oxygen atoms in total. The summed E-state index contributed by atoms with van der Waals surface area (Å²) in [5, 5.41) is 9.66. The standard InChI is InChI=1S/C31H35Cl2N3O6S/c1-21(2)20-34-36-30(38)31(15-18-43(39,40)25-7-4-3-5-8-25)28(26-14-11-23(32)19-27(26)33)42-29(35-31)22-9-12-24(13-10-22)41-17-6-16-37/h3-5,7-14,19,21,28,34,37H,6,15-18,20H2,1-2H3,(H,36,38)/t28-,31-/m0/s1. The van der Waals surface area contributed by atoms with Crippen LogP contribution in [0.15, 0.2) is 82.7 Å². The molecule has 43 heavy (non-hydrogen) atoms. The molecule has 0 aromatic heterocycles. The normalized spacial score (nSPS) is 18.3. The Balaban J connectivity index is 1.77. The van der Waals surface area contributed by atoms with Gasteiger partial charge in [-0.3, -0.25) is 10.2 Å². The van der Waals surface area contributed by atoms with Gasteiger partial charge in [-0.15, -0.1) is 0 Å². The molecule has 3 aromatic carbocycles.